The summed E-state index contributed by atoms with van der Waals surface area (Å²) in [5, 5.41) is 0. The van der Waals surface area contributed by atoms with Crippen LogP contribution >= 0.6 is 0 Å². The molecule has 0 N–H and O–H groups in total. The van der Waals surface area contributed by atoms with Gasteiger partial charge in [-0.2, -0.15) is 8.42 Å². The van der Waals surface area contributed by atoms with Crippen molar-refractivity contribution in [3.8, 4) is 0 Å². The van der Waals surface area contributed by atoms with Gasteiger partial charge in [-0.1, -0.05) is 31.5 Å². The van der Waals surface area contributed by atoms with Crippen molar-refractivity contribution >= 4 is 15.9 Å². The second-order valence-corrected chi connectivity index (χ2v) is 12.9. The van der Waals surface area contributed by atoms with E-state index in [2.05, 4.69) is 13.8 Å². The standard InChI is InChI=1S/C26H36O4S/c1-17-4-7-20(8-5-17)31(28,29)30-24-11-10-22-21-9-6-18-16-19(27)12-14-25(18,2)23(21)13-15-26(22,24)3/h4-5,7-8,18,21-24H,6,9-16H2,1-3H3/t18-,21+,22+,23-,24-,25-,26-/m0/s1. The molecule has 0 unspecified atom stereocenters. The SMILES string of the molecule is Cc1ccc(S(=O)(=O)O[C@H]2CC[C@@H]3[C@H]4CC[C@H]5CC(=O)CC[C@]5(C)[C@H]4CC[C@]23C)cc1. The Hall–Kier alpha value is -1.20. The Morgan fingerprint density at radius 1 is 0.903 bits per heavy atom. The molecule has 0 radical (unpaired) electrons. The highest BCUT2D eigenvalue weighted by Gasteiger charge is 2.61. The molecule has 5 rings (SSSR count). The van der Waals surface area contributed by atoms with Gasteiger partial charge < -0.3 is 0 Å². The fraction of sp³-hybridized carbons (Fsp3) is 0.731. The zero-order chi connectivity index (χ0) is 22.0. The highest BCUT2D eigenvalue weighted by Crippen LogP contribution is 2.66. The number of Topliss-reactive ketones (excluding diaryl/α,β-unsaturated/α-hetero) is 1. The molecule has 1 aromatic rings. The third-order valence-electron chi connectivity index (χ3n) is 9.95. The van der Waals surface area contributed by atoms with Crippen LogP contribution in [0.5, 0.6) is 0 Å². The zero-order valence-electron chi connectivity index (χ0n) is 19.1. The predicted octanol–water partition coefficient (Wildman–Crippen LogP) is 5.68. The molecule has 31 heavy (non-hydrogen) atoms. The Balaban J connectivity index is 1.37. The molecule has 4 aliphatic carbocycles. The number of hydrogen-bond donors (Lipinski definition) is 0. The molecule has 0 aliphatic heterocycles. The van der Waals surface area contributed by atoms with E-state index in [0.29, 0.717) is 29.5 Å². The summed E-state index contributed by atoms with van der Waals surface area (Å²) in [6.45, 7) is 6.69. The van der Waals surface area contributed by atoms with Gasteiger partial charge in [0.2, 0.25) is 0 Å². The Morgan fingerprint density at radius 2 is 1.61 bits per heavy atom. The molecule has 4 fully saturated rings. The molecular weight excluding hydrogens is 408 g/mol. The van der Waals surface area contributed by atoms with E-state index in [1.807, 2.05) is 19.1 Å². The van der Waals surface area contributed by atoms with Crippen molar-refractivity contribution in [3.05, 3.63) is 29.8 Å². The van der Waals surface area contributed by atoms with Crippen LogP contribution in [0.4, 0.5) is 0 Å². The normalized spacial score (nSPS) is 42.5. The molecule has 0 heterocycles. The first-order chi connectivity index (χ1) is 14.6. The lowest BCUT2D eigenvalue weighted by Gasteiger charge is -2.60. The Labute approximate surface area is 187 Å². The second-order valence-electron chi connectivity index (χ2n) is 11.4. The average molecular weight is 445 g/mol. The zero-order valence-corrected chi connectivity index (χ0v) is 19.9. The molecule has 170 valence electrons. The van der Waals surface area contributed by atoms with Crippen molar-refractivity contribution in [1.29, 1.82) is 0 Å². The second kappa shape index (κ2) is 7.41. The molecule has 0 spiro atoms. The molecule has 0 bridgehead atoms. The summed E-state index contributed by atoms with van der Waals surface area (Å²) < 4.78 is 32.0. The van der Waals surface area contributed by atoms with Crippen LogP contribution in [0.15, 0.2) is 29.2 Å². The molecule has 7 atom stereocenters. The fourth-order valence-corrected chi connectivity index (χ4v) is 9.27. The minimum Gasteiger partial charge on any atom is -0.300 e. The van der Waals surface area contributed by atoms with E-state index in [1.54, 1.807) is 12.1 Å². The largest absolute Gasteiger partial charge is 0.300 e. The third-order valence-corrected chi connectivity index (χ3v) is 11.3. The van der Waals surface area contributed by atoms with Gasteiger partial charge in [-0.25, -0.2) is 0 Å². The monoisotopic (exact) mass is 444 g/mol. The van der Waals surface area contributed by atoms with Crippen LogP contribution < -0.4 is 0 Å². The number of aryl methyl sites for hydroxylation is 1. The highest BCUT2D eigenvalue weighted by atomic mass is 32.2. The van der Waals surface area contributed by atoms with Gasteiger partial charge in [0.05, 0.1) is 11.0 Å². The summed E-state index contributed by atoms with van der Waals surface area (Å²) in [6, 6.07) is 6.97. The van der Waals surface area contributed by atoms with Crippen molar-refractivity contribution in [1.82, 2.24) is 0 Å². The van der Waals surface area contributed by atoms with E-state index in [1.165, 1.54) is 6.42 Å². The highest BCUT2D eigenvalue weighted by molar-refractivity contribution is 7.86. The van der Waals surface area contributed by atoms with E-state index in [9.17, 15) is 13.2 Å². The summed E-state index contributed by atoms with van der Waals surface area (Å²) in [4.78, 5) is 12.4. The van der Waals surface area contributed by atoms with E-state index < -0.39 is 10.1 Å². The summed E-state index contributed by atoms with van der Waals surface area (Å²) in [5.74, 6) is 2.85. The Kier molecular flexibility index (Phi) is 5.17. The first-order valence-electron chi connectivity index (χ1n) is 12.2. The maximum Gasteiger partial charge on any atom is 0.297 e. The number of benzene rings is 1. The van der Waals surface area contributed by atoms with Crippen molar-refractivity contribution in [2.75, 3.05) is 0 Å². The molecule has 0 aromatic heterocycles. The molecule has 5 heteroatoms. The van der Waals surface area contributed by atoms with Crippen LogP contribution in [-0.2, 0) is 19.1 Å². The fourth-order valence-electron chi connectivity index (χ4n) is 8.07. The first-order valence-corrected chi connectivity index (χ1v) is 13.6. The van der Waals surface area contributed by atoms with Crippen molar-refractivity contribution in [2.24, 2.45) is 34.5 Å². The van der Waals surface area contributed by atoms with Gasteiger partial charge >= 0.3 is 0 Å². The first kappa shape index (κ1) is 21.6. The maximum absolute atomic E-state index is 13.0. The Morgan fingerprint density at radius 3 is 2.35 bits per heavy atom. The van der Waals surface area contributed by atoms with Gasteiger partial charge in [-0.15, -0.1) is 0 Å². The molecule has 4 nitrogen and oxygen atoms in total. The predicted molar refractivity (Wildman–Crippen MR) is 120 cm³/mol. The van der Waals surface area contributed by atoms with Crippen LogP contribution in [0.1, 0.15) is 77.2 Å². The van der Waals surface area contributed by atoms with Gasteiger partial charge in [0.15, 0.2) is 0 Å². The van der Waals surface area contributed by atoms with E-state index >= 15 is 0 Å². The number of fused-ring (bicyclic) bond motifs is 5. The van der Waals surface area contributed by atoms with Crippen molar-refractivity contribution < 1.29 is 17.4 Å². The molecule has 0 saturated heterocycles. The summed E-state index contributed by atoms with van der Waals surface area (Å²) in [5.41, 5.74) is 1.25. The maximum atomic E-state index is 13.0. The number of ketones is 1. The number of rotatable bonds is 3. The number of carbonyl (C=O) groups excluding carboxylic acids is 1. The molecular formula is C26H36O4S. The van der Waals surface area contributed by atoms with Crippen LogP contribution in [0, 0.1) is 41.4 Å². The molecule has 0 amide bonds. The van der Waals surface area contributed by atoms with E-state index in [-0.39, 0.29) is 21.8 Å². The summed E-state index contributed by atoms with van der Waals surface area (Å²) in [6.07, 6.45) is 8.75. The minimum atomic E-state index is -3.75. The van der Waals surface area contributed by atoms with Crippen LogP contribution in [0.25, 0.3) is 0 Å². The number of carbonyl (C=O) groups is 1. The lowest BCUT2D eigenvalue weighted by atomic mass is 9.45. The van der Waals surface area contributed by atoms with Crippen LogP contribution in [0.3, 0.4) is 0 Å². The van der Waals surface area contributed by atoms with Crippen molar-refractivity contribution in [3.63, 3.8) is 0 Å². The summed E-state index contributed by atoms with van der Waals surface area (Å²) >= 11 is 0. The Bertz CT molecular complexity index is 968. The van der Waals surface area contributed by atoms with Crippen LogP contribution in [-0.4, -0.2) is 20.3 Å². The molecule has 4 saturated carbocycles. The van der Waals surface area contributed by atoms with Gasteiger partial charge in [0.1, 0.15) is 5.78 Å². The van der Waals surface area contributed by atoms with Gasteiger partial charge in [-0.05, 0) is 98.5 Å². The van der Waals surface area contributed by atoms with E-state index in [0.717, 1.165) is 56.9 Å². The molecule has 1 aromatic carbocycles. The van der Waals surface area contributed by atoms with Gasteiger partial charge in [0.25, 0.3) is 10.1 Å². The minimum absolute atomic E-state index is 0.0768. The smallest absolute Gasteiger partial charge is 0.297 e. The topological polar surface area (TPSA) is 60.4 Å². The quantitative estimate of drug-likeness (QED) is 0.563. The average Bonchev–Trinajstić information content (AvgIpc) is 3.04. The molecule has 4 aliphatic rings. The number of hydrogen-bond acceptors (Lipinski definition) is 4. The van der Waals surface area contributed by atoms with Crippen LogP contribution in [0.2, 0.25) is 0 Å². The summed E-state index contributed by atoms with van der Waals surface area (Å²) in [7, 11) is -3.75. The van der Waals surface area contributed by atoms with Crippen molar-refractivity contribution in [2.45, 2.75) is 89.6 Å². The van der Waals surface area contributed by atoms with Gasteiger partial charge in [0, 0.05) is 12.8 Å². The third kappa shape index (κ3) is 3.42. The van der Waals surface area contributed by atoms with Gasteiger partial charge in [-0.3, -0.25) is 8.98 Å². The van der Waals surface area contributed by atoms with E-state index in [4.69, 9.17) is 4.18 Å². The lowest BCUT2D eigenvalue weighted by Crippen LogP contribution is -2.54. The lowest BCUT2D eigenvalue weighted by molar-refractivity contribution is -0.140.